The van der Waals surface area contributed by atoms with Gasteiger partial charge >= 0.3 is 0 Å². The molecule has 26 heavy (non-hydrogen) atoms. The molecule has 1 unspecified atom stereocenters. The minimum absolute atomic E-state index is 0.00737. The molecule has 0 radical (unpaired) electrons. The molecule has 0 aliphatic carbocycles. The molecule has 1 atom stereocenters. The van der Waals surface area contributed by atoms with Crippen LogP contribution in [-0.2, 0) is 4.79 Å². The fourth-order valence-electron chi connectivity index (χ4n) is 2.64. The Labute approximate surface area is 157 Å². The molecule has 0 aliphatic rings. The minimum atomic E-state index is -0.342. The van der Waals surface area contributed by atoms with Gasteiger partial charge in [0.25, 0.3) is 0 Å². The number of nitrogens with zero attached hydrogens (tertiary/aromatic N) is 4. The summed E-state index contributed by atoms with van der Waals surface area (Å²) in [5, 5.41) is 8.48. The summed E-state index contributed by atoms with van der Waals surface area (Å²) in [4.78, 5) is 14.6. The van der Waals surface area contributed by atoms with E-state index in [-0.39, 0.29) is 11.2 Å². The Hall–Kier alpha value is -2.80. The Bertz CT molecular complexity index is 866. The van der Waals surface area contributed by atoms with Gasteiger partial charge in [0.2, 0.25) is 11.1 Å². The van der Waals surface area contributed by atoms with Crippen LogP contribution >= 0.6 is 11.8 Å². The van der Waals surface area contributed by atoms with Gasteiger partial charge in [-0.25, -0.2) is 4.68 Å². The van der Waals surface area contributed by atoms with Gasteiger partial charge in [-0.1, -0.05) is 60.3 Å². The molecule has 3 rings (SSSR count). The van der Waals surface area contributed by atoms with Gasteiger partial charge in [-0.2, -0.15) is 0 Å². The van der Waals surface area contributed by atoms with E-state index in [9.17, 15) is 4.79 Å². The highest BCUT2D eigenvalue weighted by Crippen LogP contribution is 2.27. The Balaban J connectivity index is 1.76. The number of rotatable bonds is 6. The first kappa shape index (κ1) is 18.0. The molecule has 1 aromatic heterocycles. The highest BCUT2D eigenvalue weighted by Gasteiger charge is 2.24. The number of aromatic nitrogens is 3. The number of hydrogen-bond donors (Lipinski definition) is 1. The zero-order valence-corrected chi connectivity index (χ0v) is 15.6. The van der Waals surface area contributed by atoms with E-state index < -0.39 is 0 Å². The third-order valence-electron chi connectivity index (χ3n) is 3.98. The van der Waals surface area contributed by atoms with Crippen molar-refractivity contribution >= 4 is 23.4 Å². The maximum atomic E-state index is 12.9. The highest BCUT2D eigenvalue weighted by atomic mass is 32.2. The zero-order valence-electron chi connectivity index (χ0n) is 14.7. The Kier molecular flexibility index (Phi) is 5.58. The summed E-state index contributed by atoms with van der Waals surface area (Å²) in [5.74, 6) is 6.73. The fraction of sp³-hybridized carbons (Fsp3) is 0.211. The van der Waals surface area contributed by atoms with Crippen LogP contribution in [0, 0.1) is 0 Å². The van der Waals surface area contributed by atoms with Crippen molar-refractivity contribution in [1.29, 1.82) is 0 Å². The van der Waals surface area contributed by atoms with Crippen molar-refractivity contribution in [2.75, 3.05) is 17.3 Å². The lowest BCUT2D eigenvalue weighted by molar-refractivity contribution is -0.117. The number of benzene rings is 2. The lowest BCUT2D eigenvalue weighted by Crippen LogP contribution is -2.36. The van der Waals surface area contributed by atoms with Crippen LogP contribution in [-0.4, -0.2) is 32.6 Å². The number of thioether (sulfide) groups is 1. The van der Waals surface area contributed by atoms with Crippen LogP contribution in [0.5, 0.6) is 0 Å². The molecule has 1 heterocycles. The molecule has 0 saturated heterocycles. The summed E-state index contributed by atoms with van der Waals surface area (Å²) in [6, 6.07) is 19.2. The molecule has 0 aliphatic heterocycles. The molecular formula is C19H21N5OS. The van der Waals surface area contributed by atoms with Crippen LogP contribution in [0.15, 0.2) is 65.8 Å². The first-order chi connectivity index (χ1) is 12.6. The SMILES string of the molecule is CCN(C(=O)C(C)Sc1nnc(-c2ccccc2)n1N)c1ccccc1. The van der Waals surface area contributed by atoms with E-state index in [0.29, 0.717) is 17.5 Å². The molecular weight excluding hydrogens is 346 g/mol. The lowest BCUT2D eigenvalue weighted by Gasteiger charge is -2.24. The average Bonchev–Trinajstić information content (AvgIpc) is 3.04. The normalized spacial score (nSPS) is 11.9. The van der Waals surface area contributed by atoms with E-state index >= 15 is 0 Å². The summed E-state index contributed by atoms with van der Waals surface area (Å²) in [6.45, 7) is 4.41. The number of nitrogen functional groups attached to an aromatic ring is 1. The molecule has 134 valence electrons. The molecule has 2 N–H and O–H groups in total. The lowest BCUT2D eigenvalue weighted by atomic mass is 10.2. The predicted octanol–water partition coefficient (Wildman–Crippen LogP) is 3.19. The number of anilines is 1. The van der Waals surface area contributed by atoms with Crippen LogP contribution < -0.4 is 10.7 Å². The predicted molar refractivity (Wildman–Crippen MR) is 105 cm³/mol. The highest BCUT2D eigenvalue weighted by molar-refractivity contribution is 8.00. The van der Waals surface area contributed by atoms with Crippen LogP contribution in [0.3, 0.4) is 0 Å². The molecule has 0 spiro atoms. The van der Waals surface area contributed by atoms with Crippen LogP contribution in [0.4, 0.5) is 5.69 Å². The van der Waals surface area contributed by atoms with E-state index in [1.165, 1.54) is 16.4 Å². The van der Waals surface area contributed by atoms with Gasteiger partial charge in [0.1, 0.15) is 0 Å². The molecule has 1 amide bonds. The number of hydrogen-bond acceptors (Lipinski definition) is 5. The second-order valence-corrected chi connectivity index (χ2v) is 7.03. The summed E-state index contributed by atoms with van der Waals surface area (Å²) >= 11 is 1.31. The maximum absolute atomic E-state index is 12.9. The minimum Gasteiger partial charge on any atom is -0.335 e. The average molecular weight is 367 g/mol. The third-order valence-corrected chi connectivity index (χ3v) is 5.02. The van der Waals surface area contributed by atoms with Crippen molar-refractivity contribution in [3.63, 3.8) is 0 Å². The van der Waals surface area contributed by atoms with E-state index in [2.05, 4.69) is 10.2 Å². The second-order valence-electron chi connectivity index (χ2n) is 5.72. The fourth-order valence-corrected chi connectivity index (χ4v) is 3.48. The van der Waals surface area contributed by atoms with Gasteiger partial charge in [0.15, 0.2) is 5.82 Å². The topological polar surface area (TPSA) is 77.0 Å². The van der Waals surface area contributed by atoms with Crippen molar-refractivity contribution in [3.8, 4) is 11.4 Å². The number of carbonyl (C=O) groups excluding carboxylic acids is 1. The van der Waals surface area contributed by atoms with Crippen LogP contribution in [0.1, 0.15) is 13.8 Å². The number of carbonyl (C=O) groups is 1. The van der Waals surface area contributed by atoms with Gasteiger partial charge < -0.3 is 10.7 Å². The molecule has 0 bridgehead atoms. The standard InChI is InChI=1S/C19H21N5OS/c1-3-23(16-12-8-5-9-13-16)18(25)14(2)26-19-22-21-17(24(19)20)15-10-6-4-7-11-15/h4-14H,3,20H2,1-2H3. The van der Waals surface area contributed by atoms with E-state index in [0.717, 1.165) is 11.3 Å². The van der Waals surface area contributed by atoms with Gasteiger partial charge in [-0.15, -0.1) is 10.2 Å². The smallest absolute Gasteiger partial charge is 0.240 e. The van der Waals surface area contributed by atoms with Crippen molar-refractivity contribution < 1.29 is 4.79 Å². The number of amides is 1. The summed E-state index contributed by atoms with van der Waals surface area (Å²) < 4.78 is 1.43. The first-order valence-electron chi connectivity index (χ1n) is 8.40. The number of para-hydroxylation sites is 1. The largest absolute Gasteiger partial charge is 0.335 e. The first-order valence-corrected chi connectivity index (χ1v) is 9.28. The molecule has 7 heteroatoms. The van der Waals surface area contributed by atoms with Gasteiger partial charge in [0.05, 0.1) is 5.25 Å². The van der Waals surface area contributed by atoms with Crippen LogP contribution in [0.25, 0.3) is 11.4 Å². The van der Waals surface area contributed by atoms with E-state index in [1.54, 1.807) is 4.90 Å². The molecule has 6 nitrogen and oxygen atoms in total. The van der Waals surface area contributed by atoms with Gasteiger partial charge in [-0.3, -0.25) is 4.79 Å². The van der Waals surface area contributed by atoms with Crippen molar-refractivity contribution in [1.82, 2.24) is 14.9 Å². The van der Waals surface area contributed by atoms with Crippen molar-refractivity contribution in [2.24, 2.45) is 0 Å². The summed E-state index contributed by atoms with van der Waals surface area (Å²) in [7, 11) is 0. The van der Waals surface area contributed by atoms with Crippen molar-refractivity contribution in [2.45, 2.75) is 24.3 Å². The van der Waals surface area contributed by atoms with E-state index in [1.807, 2.05) is 74.5 Å². The Morgan fingerprint density at radius 3 is 2.35 bits per heavy atom. The second kappa shape index (κ2) is 8.05. The molecule has 0 fully saturated rings. The Morgan fingerprint density at radius 1 is 1.12 bits per heavy atom. The van der Waals surface area contributed by atoms with Crippen molar-refractivity contribution in [3.05, 3.63) is 60.7 Å². The van der Waals surface area contributed by atoms with Crippen LogP contribution in [0.2, 0.25) is 0 Å². The maximum Gasteiger partial charge on any atom is 0.240 e. The molecule has 2 aromatic carbocycles. The van der Waals surface area contributed by atoms with E-state index in [4.69, 9.17) is 5.84 Å². The quantitative estimate of drug-likeness (QED) is 0.535. The monoisotopic (exact) mass is 367 g/mol. The molecule has 0 saturated carbocycles. The Morgan fingerprint density at radius 2 is 1.73 bits per heavy atom. The summed E-state index contributed by atoms with van der Waals surface area (Å²) in [5.41, 5.74) is 1.76. The third kappa shape index (κ3) is 3.72. The zero-order chi connectivity index (χ0) is 18.5. The van der Waals surface area contributed by atoms with Gasteiger partial charge in [-0.05, 0) is 26.0 Å². The number of nitrogens with two attached hydrogens (primary N) is 1. The molecule has 3 aromatic rings. The van der Waals surface area contributed by atoms with Gasteiger partial charge in [0, 0.05) is 17.8 Å². The summed E-state index contributed by atoms with van der Waals surface area (Å²) in [6.07, 6.45) is 0.